The Labute approximate surface area is 143 Å². The number of carboxylic acids is 1. The molecule has 0 saturated heterocycles. The largest absolute Gasteiger partial charge is 0.481 e. The molecule has 9 nitrogen and oxygen atoms in total. The number of carbonyl (C=O) groups is 2. The molecule has 9 heteroatoms. The number of hydrogen-bond donors (Lipinski definition) is 2. The van der Waals surface area contributed by atoms with E-state index in [4.69, 9.17) is 0 Å². The standard InChI is InChI=1S/C16H18N4O5/c1-9(16(22)23)12(11-7-5-4-6-8-11)17-15(21)14-13(20(24)25)10(2)18-19(14)3/h4-9,12H,1-3H3,(H,17,21)(H,22,23). The topological polar surface area (TPSA) is 127 Å². The molecule has 0 bridgehead atoms. The van der Waals surface area contributed by atoms with E-state index in [0.29, 0.717) is 5.56 Å². The highest BCUT2D eigenvalue weighted by atomic mass is 16.6. The SMILES string of the molecule is Cc1nn(C)c(C(=O)NC(c2ccccc2)C(C)C(=O)O)c1[N+](=O)[O-]. The Kier molecular flexibility index (Phi) is 5.16. The van der Waals surface area contributed by atoms with Gasteiger partial charge in [0.25, 0.3) is 5.91 Å². The number of nitro groups is 1. The van der Waals surface area contributed by atoms with E-state index >= 15 is 0 Å². The van der Waals surface area contributed by atoms with Gasteiger partial charge in [0, 0.05) is 7.05 Å². The van der Waals surface area contributed by atoms with Crippen molar-refractivity contribution in [2.24, 2.45) is 13.0 Å². The van der Waals surface area contributed by atoms with Gasteiger partial charge in [-0.1, -0.05) is 30.3 Å². The highest BCUT2D eigenvalue weighted by Gasteiger charge is 2.33. The molecule has 0 spiro atoms. The molecular weight excluding hydrogens is 328 g/mol. The van der Waals surface area contributed by atoms with Gasteiger partial charge in [-0.3, -0.25) is 24.4 Å². The Morgan fingerprint density at radius 1 is 1.32 bits per heavy atom. The maximum Gasteiger partial charge on any atom is 0.322 e. The highest BCUT2D eigenvalue weighted by Crippen LogP contribution is 2.26. The molecule has 0 aliphatic rings. The van der Waals surface area contributed by atoms with Crippen LogP contribution in [0.3, 0.4) is 0 Å². The summed E-state index contributed by atoms with van der Waals surface area (Å²) < 4.78 is 1.12. The molecule has 1 heterocycles. The second-order valence-electron chi connectivity index (χ2n) is 5.65. The molecule has 2 unspecified atom stereocenters. The third-order valence-corrected chi connectivity index (χ3v) is 3.92. The highest BCUT2D eigenvalue weighted by molar-refractivity contribution is 5.97. The van der Waals surface area contributed by atoms with E-state index in [1.54, 1.807) is 30.3 Å². The molecule has 0 fully saturated rings. The van der Waals surface area contributed by atoms with Gasteiger partial charge in [0.2, 0.25) is 5.69 Å². The molecule has 0 aliphatic heterocycles. The predicted molar refractivity (Wildman–Crippen MR) is 88.0 cm³/mol. The molecule has 25 heavy (non-hydrogen) atoms. The zero-order chi connectivity index (χ0) is 18.7. The van der Waals surface area contributed by atoms with Gasteiger partial charge in [-0.25, -0.2) is 0 Å². The summed E-state index contributed by atoms with van der Waals surface area (Å²) in [4.78, 5) is 34.6. The van der Waals surface area contributed by atoms with Crippen molar-refractivity contribution in [3.05, 3.63) is 57.4 Å². The minimum atomic E-state index is -1.09. The van der Waals surface area contributed by atoms with Crippen LogP contribution < -0.4 is 5.32 Å². The average Bonchev–Trinajstić information content (AvgIpc) is 2.86. The molecule has 132 valence electrons. The molecule has 1 aromatic heterocycles. The number of carboxylic acid groups (broad SMARTS) is 1. The normalized spacial score (nSPS) is 13.1. The van der Waals surface area contributed by atoms with Crippen LogP contribution in [0.2, 0.25) is 0 Å². The Balaban J connectivity index is 2.42. The van der Waals surface area contributed by atoms with Crippen LogP contribution in [-0.2, 0) is 11.8 Å². The maximum atomic E-state index is 12.6. The first-order chi connectivity index (χ1) is 11.7. The van der Waals surface area contributed by atoms with Crippen LogP contribution in [0.25, 0.3) is 0 Å². The first-order valence-corrected chi connectivity index (χ1v) is 7.50. The summed E-state index contributed by atoms with van der Waals surface area (Å²) in [6.45, 7) is 2.90. The minimum absolute atomic E-state index is 0.111. The zero-order valence-electron chi connectivity index (χ0n) is 14.0. The van der Waals surface area contributed by atoms with Crippen LogP contribution in [0.5, 0.6) is 0 Å². The molecule has 0 saturated carbocycles. The summed E-state index contributed by atoms with van der Waals surface area (Å²) in [5, 5.41) is 27.1. The van der Waals surface area contributed by atoms with Gasteiger partial charge < -0.3 is 10.4 Å². The van der Waals surface area contributed by atoms with Crippen LogP contribution >= 0.6 is 0 Å². The monoisotopic (exact) mass is 346 g/mol. The predicted octanol–water partition coefficient (Wildman–Crippen LogP) is 1.83. The van der Waals surface area contributed by atoms with Crippen molar-refractivity contribution < 1.29 is 19.6 Å². The van der Waals surface area contributed by atoms with Gasteiger partial charge in [0.1, 0.15) is 5.69 Å². The van der Waals surface area contributed by atoms with E-state index in [0.717, 1.165) is 4.68 Å². The van der Waals surface area contributed by atoms with Crippen molar-refractivity contribution in [1.82, 2.24) is 15.1 Å². The number of benzene rings is 1. The quantitative estimate of drug-likeness (QED) is 0.607. The molecule has 0 radical (unpaired) electrons. The lowest BCUT2D eigenvalue weighted by Gasteiger charge is -2.22. The Morgan fingerprint density at radius 2 is 1.92 bits per heavy atom. The fraction of sp³-hybridized carbons (Fsp3) is 0.312. The lowest BCUT2D eigenvalue weighted by molar-refractivity contribution is -0.385. The Hall–Kier alpha value is -3.23. The molecule has 1 amide bonds. The van der Waals surface area contributed by atoms with Crippen molar-refractivity contribution in [2.75, 3.05) is 0 Å². The molecule has 2 aromatic rings. The average molecular weight is 346 g/mol. The first-order valence-electron chi connectivity index (χ1n) is 7.50. The van der Waals surface area contributed by atoms with Gasteiger partial charge in [0.15, 0.2) is 0 Å². The molecular formula is C16H18N4O5. The number of nitrogens with zero attached hydrogens (tertiary/aromatic N) is 3. The van der Waals surface area contributed by atoms with Gasteiger partial charge in [-0.15, -0.1) is 0 Å². The van der Waals surface area contributed by atoms with E-state index in [2.05, 4.69) is 10.4 Å². The van der Waals surface area contributed by atoms with Crippen LogP contribution in [-0.4, -0.2) is 31.7 Å². The number of aliphatic carboxylic acids is 1. The van der Waals surface area contributed by atoms with Crippen molar-refractivity contribution in [2.45, 2.75) is 19.9 Å². The Bertz CT molecular complexity index is 815. The van der Waals surface area contributed by atoms with Crippen LogP contribution in [0.4, 0.5) is 5.69 Å². The summed E-state index contributed by atoms with van der Waals surface area (Å²) in [6, 6.07) is 7.74. The first kappa shape index (κ1) is 18.1. The van der Waals surface area contributed by atoms with Gasteiger partial charge >= 0.3 is 11.7 Å². The molecule has 0 aliphatic carbocycles. The fourth-order valence-corrected chi connectivity index (χ4v) is 2.63. The summed E-state index contributed by atoms with van der Waals surface area (Å²) in [6.07, 6.45) is 0. The number of nitrogens with one attached hydrogen (secondary N) is 1. The summed E-state index contributed by atoms with van der Waals surface area (Å²) in [5.74, 6) is -2.78. The maximum absolute atomic E-state index is 12.6. The number of carbonyl (C=O) groups excluding carboxylic acids is 1. The van der Waals surface area contributed by atoms with Gasteiger partial charge in [-0.05, 0) is 19.4 Å². The van der Waals surface area contributed by atoms with E-state index < -0.39 is 34.4 Å². The summed E-state index contributed by atoms with van der Waals surface area (Å²) in [7, 11) is 1.42. The van der Waals surface area contributed by atoms with E-state index in [9.17, 15) is 24.8 Å². The van der Waals surface area contributed by atoms with Crippen molar-refractivity contribution >= 4 is 17.6 Å². The van der Waals surface area contributed by atoms with Gasteiger partial charge in [0.05, 0.1) is 16.9 Å². The minimum Gasteiger partial charge on any atom is -0.481 e. The second kappa shape index (κ2) is 7.12. The van der Waals surface area contributed by atoms with Crippen molar-refractivity contribution in [1.29, 1.82) is 0 Å². The van der Waals surface area contributed by atoms with Crippen LogP contribution in [0, 0.1) is 23.0 Å². The third-order valence-electron chi connectivity index (χ3n) is 3.92. The lowest BCUT2D eigenvalue weighted by atomic mass is 9.94. The van der Waals surface area contributed by atoms with Crippen molar-refractivity contribution in [3.63, 3.8) is 0 Å². The Morgan fingerprint density at radius 3 is 2.44 bits per heavy atom. The van der Waals surface area contributed by atoms with E-state index in [1.165, 1.54) is 20.9 Å². The molecule has 2 N–H and O–H groups in total. The van der Waals surface area contributed by atoms with E-state index in [-0.39, 0.29) is 11.4 Å². The number of aromatic nitrogens is 2. The number of aryl methyl sites for hydroxylation is 2. The second-order valence-corrected chi connectivity index (χ2v) is 5.65. The molecule has 2 rings (SSSR count). The third kappa shape index (κ3) is 3.65. The number of rotatable bonds is 6. The van der Waals surface area contributed by atoms with E-state index in [1.807, 2.05) is 0 Å². The zero-order valence-corrected chi connectivity index (χ0v) is 14.0. The summed E-state index contributed by atoms with van der Waals surface area (Å²) in [5.41, 5.74) is 0.0864. The van der Waals surface area contributed by atoms with Crippen molar-refractivity contribution in [3.8, 4) is 0 Å². The smallest absolute Gasteiger partial charge is 0.322 e. The van der Waals surface area contributed by atoms with Crippen LogP contribution in [0.1, 0.15) is 34.7 Å². The van der Waals surface area contributed by atoms with Crippen LogP contribution in [0.15, 0.2) is 30.3 Å². The van der Waals surface area contributed by atoms with Gasteiger partial charge in [-0.2, -0.15) is 5.10 Å². The fourth-order valence-electron chi connectivity index (χ4n) is 2.63. The number of hydrogen-bond acceptors (Lipinski definition) is 5. The molecule has 1 aromatic carbocycles. The molecule has 2 atom stereocenters. The number of amides is 1. The lowest BCUT2D eigenvalue weighted by Crippen LogP contribution is -2.36. The summed E-state index contributed by atoms with van der Waals surface area (Å²) >= 11 is 0.